The van der Waals surface area contributed by atoms with E-state index in [-0.39, 0.29) is 31.2 Å². The average Bonchev–Trinajstić information content (AvgIpc) is 3.14. The summed E-state index contributed by atoms with van der Waals surface area (Å²) in [6.45, 7) is 0. The van der Waals surface area contributed by atoms with Gasteiger partial charge in [0, 0.05) is 18.0 Å². The highest BCUT2D eigenvalue weighted by Gasteiger charge is 2.38. The molecule has 0 unspecified atom stereocenters. The number of benzene rings is 2. The molecule has 1 aromatic heterocycles. The number of hydrogen-bond donors (Lipinski definition) is 1. The lowest BCUT2D eigenvalue weighted by molar-refractivity contribution is -0.137. The monoisotopic (exact) mass is 503 g/mol. The van der Waals surface area contributed by atoms with Crippen molar-refractivity contribution in [2.45, 2.75) is 11.1 Å². The predicted octanol–water partition coefficient (Wildman–Crippen LogP) is 5.82. The third-order valence-electron chi connectivity index (χ3n) is 3.83. The number of primary sulfonamides is 1. The number of rotatable bonds is 3. The molecule has 29 heavy (non-hydrogen) atoms. The zero-order chi connectivity index (χ0) is 21.7. The van der Waals surface area contributed by atoms with E-state index in [1.54, 1.807) is 0 Å². The van der Waals surface area contributed by atoms with Gasteiger partial charge in [-0.25, -0.2) is 18.2 Å². The largest absolute Gasteiger partial charge is 0.418 e. The van der Waals surface area contributed by atoms with E-state index in [1.165, 1.54) is 18.3 Å². The van der Waals surface area contributed by atoms with Crippen LogP contribution >= 0.6 is 46.4 Å². The number of nitrogens with zero attached hydrogens (tertiary/aromatic N) is 2. The van der Waals surface area contributed by atoms with Crippen molar-refractivity contribution >= 4 is 56.4 Å². The van der Waals surface area contributed by atoms with Crippen molar-refractivity contribution in [1.82, 2.24) is 9.78 Å². The molecule has 1 heterocycles. The van der Waals surface area contributed by atoms with Crippen molar-refractivity contribution in [3.05, 3.63) is 62.3 Å². The molecular weight excluding hydrogens is 497 g/mol. The number of hydrogen-bond acceptors (Lipinski definition) is 3. The van der Waals surface area contributed by atoms with Gasteiger partial charge in [-0.1, -0.05) is 46.4 Å². The average molecular weight is 505 g/mol. The maximum Gasteiger partial charge on any atom is 0.418 e. The van der Waals surface area contributed by atoms with Crippen molar-refractivity contribution in [3.63, 3.8) is 0 Å². The number of sulfonamides is 1. The quantitative estimate of drug-likeness (QED) is 0.360. The highest BCUT2D eigenvalue weighted by molar-refractivity contribution is 7.89. The van der Waals surface area contributed by atoms with Crippen LogP contribution in [0.25, 0.3) is 16.8 Å². The summed E-state index contributed by atoms with van der Waals surface area (Å²) in [5.74, 6) is 0. The minimum absolute atomic E-state index is 0.0616. The fraction of sp³-hybridized carbons (Fsp3) is 0.0625. The Bertz CT molecular complexity index is 1210. The van der Waals surface area contributed by atoms with Crippen molar-refractivity contribution in [2.75, 3.05) is 0 Å². The summed E-state index contributed by atoms with van der Waals surface area (Å²) in [5.41, 5.74) is -2.35. The van der Waals surface area contributed by atoms with E-state index < -0.39 is 32.3 Å². The Hall–Kier alpha value is -1.49. The Morgan fingerprint density at radius 1 is 1.00 bits per heavy atom. The van der Waals surface area contributed by atoms with Crippen LogP contribution in [0, 0.1) is 0 Å². The van der Waals surface area contributed by atoms with Crippen LogP contribution in [0.3, 0.4) is 0 Å². The molecule has 0 aliphatic carbocycles. The zero-order valence-electron chi connectivity index (χ0n) is 13.8. The second-order valence-corrected chi connectivity index (χ2v) is 8.78. The summed E-state index contributed by atoms with van der Waals surface area (Å²) in [6.07, 6.45) is -2.61. The topological polar surface area (TPSA) is 78.0 Å². The van der Waals surface area contributed by atoms with Crippen LogP contribution in [0.4, 0.5) is 13.2 Å². The molecule has 5 nitrogen and oxygen atoms in total. The predicted molar refractivity (Wildman–Crippen MR) is 105 cm³/mol. The lowest BCUT2D eigenvalue weighted by Crippen LogP contribution is -2.20. The van der Waals surface area contributed by atoms with Crippen LogP contribution in [-0.4, -0.2) is 18.2 Å². The smallest absolute Gasteiger partial charge is 0.239 e. The molecule has 2 aromatic carbocycles. The maximum absolute atomic E-state index is 13.8. The highest BCUT2D eigenvalue weighted by Crippen LogP contribution is 2.45. The molecule has 0 radical (unpaired) electrons. The molecule has 0 aliphatic rings. The van der Waals surface area contributed by atoms with Crippen LogP contribution in [0.15, 0.2) is 41.6 Å². The second-order valence-electron chi connectivity index (χ2n) is 5.71. The molecule has 3 aromatic rings. The molecule has 0 saturated carbocycles. The van der Waals surface area contributed by atoms with Gasteiger partial charge in [0.1, 0.15) is 4.90 Å². The van der Waals surface area contributed by atoms with Gasteiger partial charge in [0.25, 0.3) is 0 Å². The van der Waals surface area contributed by atoms with Gasteiger partial charge in [-0.15, -0.1) is 0 Å². The van der Waals surface area contributed by atoms with Crippen molar-refractivity contribution in [2.24, 2.45) is 5.14 Å². The Labute approximate surface area is 182 Å². The van der Waals surface area contributed by atoms with Gasteiger partial charge >= 0.3 is 6.18 Å². The molecular formula is C16H8Cl4F3N3O2S. The summed E-state index contributed by atoms with van der Waals surface area (Å²) >= 11 is 24.0. The van der Waals surface area contributed by atoms with Gasteiger partial charge < -0.3 is 0 Å². The summed E-state index contributed by atoms with van der Waals surface area (Å²) in [7, 11) is -4.61. The summed E-state index contributed by atoms with van der Waals surface area (Å²) in [5, 5.41) is 8.32. The number of nitrogens with two attached hydrogens (primary N) is 1. The summed E-state index contributed by atoms with van der Waals surface area (Å²) in [4.78, 5) is -0.815. The fourth-order valence-electron chi connectivity index (χ4n) is 2.62. The van der Waals surface area contributed by atoms with Crippen LogP contribution in [-0.2, 0) is 16.2 Å². The van der Waals surface area contributed by atoms with E-state index in [0.717, 1.165) is 16.9 Å². The fourth-order valence-corrected chi connectivity index (χ4v) is 4.29. The zero-order valence-corrected chi connectivity index (χ0v) is 17.6. The number of halogens is 7. The van der Waals surface area contributed by atoms with E-state index >= 15 is 0 Å². The molecule has 0 fully saturated rings. The first-order valence-electron chi connectivity index (χ1n) is 7.43. The van der Waals surface area contributed by atoms with Crippen LogP contribution < -0.4 is 5.14 Å². The summed E-state index contributed by atoms with van der Waals surface area (Å²) < 4.78 is 66.6. The molecule has 13 heteroatoms. The lowest BCUT2D eigenvalue weighted by Gasteiger charge is -2.19. The van der Waals surface area contributed by atoms with E-state index in [9.17, 15) is 21.6 Å². The second kappa shape index (κ2) is 7.64. The van der Waals surface area contributed by atoms with Crippen LogP contribution in [0.1, 0.15) is 5.56 Å². The van der Waals surface area contributed by atoms with Gasteiger partial charge in [-0.05, 0) is 29.8 Å². The SMILES string of the molecule is NS(=O)(=O)c1cc(-c2cc(Cl)c(Cl)c(Cl)c2Cl)cc(C(F)(F)F)c1-n1cccn1. The standard InChI is InChI=1S/C16H8Cl4F3N3O2S/c17-10-6-8(12(18)14(20)13(10)19)7-4-9(16(21,22)23)15(26-3-1-2-25-26)11(5-7)29(24,27)28/h1-6H,(H2,24,27,28). The molecule has 3 rings (SSSR count). The molecule has 0 spiro atoms. The lowest BCUT2D eigenvalue weighted by atomic mass is 10.0. The van der Waals surface area contributed by atoms with Crippen LogP contribution in [0.2, 0.25) is 20.1 Å². The Kier molecular flexibility index (Phi) is 5.85. The Morgan fingerprint density at radius 2 is 1.66 bits per heavy atom. The van der Waals surface area contributed by atoms with E-state index in [1.807, 2.05) is 0 Å². The Morgan fingerprint density at radius 3 is 2.17 bits per heavy atom. The normalized spacial score (nSPS) is 12.4. The molecule has 2 N–H and O–H groups in total. The van der Waals surface area contributed by atoms with Crippen molar-refractivity contribution in [1.29, 1.82) is 0 Å². The van der Waals surface area contributed by atoms with E-state index in [4.69, 9.17) is 51.5 Å². The number of alkyl halides is 3. The number of aromatic nitrogens is 2. The third-order valence-corrected chi connectivity index (χ3v) is 6.51. The van der Waals surface area contributed by atoms with Crippen molar-refractivity contribution in [3.8, 4) is 16.8 Å². The van der Waals surface area contributed by atoms with Gasteiger partial charge in [0.05, 0.1) is 31.3 Å². The minimum Gasteiger partial charge on any atom is -0.239 e. The molecule has 0 saturated heterocycles. The summed E-state index contributed by atoms with van der Waals surface area (Å²) in [6, 6.07) is 4.14. The van der Waals surface area contributed by atoms with Gasteiger partial charge in [0.15, 0.2) is 0 Å². The first-order chi connectivity index (χ1) is 13.3. The van der Waals surface area contributed by atoms with E-state index in [0.29, 0.717) is 6.07 Å². The van der Waals surface area contributed by atoms with Gasteiger partial charge in [-0.2, -0.15) is 18.3 Å². The van der Waals surface area contributed by atoms with Gasteiger partial charge in [0.2, 0.25) is 10.0 Å². The van der Waals surface area contributed by atoms with Crippen LogP contribution in [0.5, 0.6) is 0 Å². The van der Waals surface area contributed by atoms with Gasteiger partial charge in [-0.3, -0.25) is 0 Å². The third kappa shape index (κ3) is 4.21. The minimum atomic E-state index is -4.96. The van der Waals surface area contributed by atoms with E-state index in [2.05, 4.69) is 5.10 Å². The highest BCUT2D eigenvalue weighted by atomic mass is 35.5. The molecule has 0 atom stereocenters. The molecule has 0 bridgehead atoms. The maximum atomic E-state index is 13.8. The molecule has 154 valence electrons. The Balaban J connectivity index is 2.48. The molecule has 0 amide bonds. The first-order valence-corrected chi connectivity index (χ1v) is 10.5. The van der Waals surface area contributed by atoms with Crippen molar-refractivity contribution < 1.29 is 21.6 Å². The first kappa shape index (κ1) is 22.2. The molecule has 0 aliphatic heterocycles.